The summed E-state index contributed by atoms with van der Waals surface area (Å²) in [6.07, 6.45) is 0.825. The summed E-state index contributed by atoms with van der Waals surface area (Å²) in [5.74, 6) is 0.832. The molecule has 0 saturated carbocycles. The van der Waals surface area contributed by atoms with Crippen LogP contribution in [0.25, 0.3) is 0 Å². The predicted octanol–water partition coefficient (Wildman–Crippen LogP) is 2.90. The van der Waals surface area contributed by atoms with Crippen LogP contribution in [0.3, 0.4) is 0 Å². The second kappa shape index (κ2) is 5.93. The summed E-state index contributed by atoms with van der Waals surface area (Å²) in [6, 6.07) is 7.70. The molecule has 82 valence electrons. The van der Waals surface area contributed by atoms with Gasteiger partial charge in [-0.15, -0.1) is 0 Å². The first-order valence-electron chi connectivity index (χ1n) is 4.76. The Morgan fingerprint density at radius 3 is 2.53 bits per heavy atom. The average Bonchev–Trinajstić information content (AvgIpc) is 2.17. The first-order chi connectivity index (χ1) is 7.11. The molecule has 2 nitrogen and oxygen atoms in total. The van der Waals surface area contributed by atoms with E-state index in [1.165, 1.54) is 0 Å². The number of halogens is 1. The summed E-state index contributed by atoms with van der Waals surface area (Å²) < 4.78 is 5.88. The number of hydrogen-bond donors (Lipinski definition) is 1. The fraction of sp³-hybridized carbons (Fsp3) is 0.333. The molecule has 0 bridgehead atoms. The number of methoxy groups -OCH3 is 1. The largest absolute Gasteiger partial charge is 0.497 e. The van der Waals surface area contributed by atoms with Crippen LogP contribution < -0.4 is 4.74 Å². The Labute approximate surface area is 98.7 Å². The number of benzene rings is 1. The standard InChI is InChI=1S/C12H15BrO2/c1-9(13)7-11(14)8-10-3-5-12(15-2)6-4-10/h3-6,11,14H,1,7-8H2,2H3. The van der Waals surface area contributed by atoms with Crippen molar-refractivity contribution in [2.45, 2.75) is 18.9 Å². The third kappa shape index (κ3) is 4.49. The summed E-state index contributed by atoms with van der Waals surface area (Å²) in [4.78, 5) is 0. The van der Waals surface area contributed by atoms with Gasteiger partial charge in [0.1, 0.15) is 5.75 Å². The highest BCUT2D eigenvalue weighted by Gasteiger charge is 2.06. The van der Waals surface area contributed by atoms with Gasteiger partial charge in [0.15, 0.2) is 0 Å². The summed E-state index contributed by atoms with van der Waals surface area (Å²) in [5, 5.41) is 9.68. The Kier molecular flexibility index (Phi) is 4.85. The van der Waals surface area contributed by atoms with E-state index in [-0.39, 0.29) is 6.10 Å². The Hall–Kier alpha value is -0.800. The molecule has 0 aromatic heterocycles. The minimum atomic E-state index is -0.384. The van der Waals surface area contributed by atoms with Gasteiger partial charge in [-0.3, -0.25) is 0 Å². The molecule has 0 spiro atoms. The van der Waals surface area contributed by atoms with Crippen LogP contribution in [0, 0.1) is 0 Å². The molecular weight excluding hydrogens is 256 g/mol. The van der Waals surface area contributed by atoms with Gasteiger partial charge in [0.2, 0.25) is 0 Å². The van der Waals surface area contributed by atoms with Crippen LogP contribution in [0.1, 0.15) is 12.0 Å². The highest BCUT2D eigenvalue weighted by Crippen LogP contribution is 2.16. The number of hydrogen-bond acceptors (Lipinski definition) is 2. The lowest BCUT2D eigenvalue weighted by molar-refractivity contribution is 0.177. The first kappa shape index (κ1) is 12.3. The van der Waals surface area contributed by atoms with Gasteiger partial charge in [-0.05, 0) is 28.6 Å². The van der Waals surface area contributed by atoms with Crippen molar-refractivity contribution in [3.05, 3.63) is 40.9 Å². The van der Waals surface area contributed by atoms with Gasteiger partial charge in [0.25, 0.3) is 0 Å². The maximum absolute atomic E-state index is 9.68. The van der Waals surface area contributed by atoms with Crippen molar-refractivity contribution < 1.29 is 9.84 Å². The predicted molar refractivity (Wildman–Crippen MR) is 65.4 cm³/mol. The molecule has 0 radical (unpaired) electrons. The summed E-state index contributed by atoms with van der Waals surface area (Å²) in [7, 11) is 1.64. The Morgan fingerprint density at radius 1 is 1.47 bits per heavy atom. The molecule has 0 aliphatic heterocycles. The lowest BCUT2D eigenvalue weighted by Gasteiger charge is -2.09. The third-order valence-electron chi connectivity index (χ3n) is 2.09. The molecule has 15 heavy (non-hydrogen) atoms. The van der Waals surface area contributed by atoms with Gasteiger partial charge < -0.3 is 9.84 Å². The van der Waals surface area contributed by atoms with Crippen LogP contribution in [0.5, 0.6) is 5.75 Å². The van der Waals surface area contributed by atoms with E-state index in [4.69, 9.17) is 4.74 Å². The van der Waals surface area contributed by atoms with Gasteiger partial charge >= 0.3 is 0 Å². The van der Waals surface area contributed by atoms with Crippen molar-refractivity contribution in [1.29, 1.82) is 0 Å². The third-order valence-corrected chi connectivity index (χ3v) is 2.41. The second-order valence-electron chi connectivity index (χ2n) is 3.43. The zero-order chi connectivity index (χ0) is 11.3. The number of rotatable bonds is 5. The monoisotopic (exact) mass is 270 g/mol. The zero-order valence-electron chi connectivity index (χ0n) is 8.74. The summed E-state index contributed by atoms with van der Waals surface area (Å²) in [6.45, 7) is 3.70. The quantitative estimate of drug-likeness (QED) is 0.892. The van der Waals surface area contributed by atoms with Gasteiger partial charge in [0, 0.05) is 6.42 Å². The van der Waals surface area contributed by atoms with E-state index in [1.807, 2.05) is 24.3 Å². The highest BCUT2D eigenvalue weighted by molar-refractivity contribution is 9.11. The minimum Gasteiger partial charge on any atom is -0.497 e. The summed E-state index contributed by atoms with van der Waals surface area (Å²) >= 11 is 3.24. The number of aliphatic hydroxyl groups excluding tert-OH is 1. The van der Waals surface area contributed by atoms with E-state index in [9.17, 15) is 5.11 Å². The second-order valence-corrected chi connectivity index (χ2v) is 4.55. The molecule has 0 fully saturated rings. The van der Waals surface area contributed by atoms with Crippen LogP contribution in [-0.2, 0) is 6.42 Å². The summed E-state index contributed by atoms with van der Waals surface area (Å²) in [5.41, 5.74) is 1.09. The normalized spacial score (nSPS) is 12.2. The molecule has 0 aliphatic carbocycles. The molecule has 1 aromatic rings. The average molecular weight is 271 g/mol. The molecule has 3 heteroatoms. The lowest BCUT2D eigenvalue weighted by Crippen LogP contribution is -2.09. The SMILES string of the molecule is C=C(Br)CC(O)Cc1ccc(OC)cc1. The van der Waals surface area contributed by atoms with E-state index >= 15 is 0 Å². The number of aliphatic hydroxyl groups is 1. The van der Waals surface area contributed by atoms with Crippen molar-refractivity contribution in [2.75, 3.05) is 7.11 Å². The van der Waals surface area contributed by atoms with Crippen molar-refractivity contribution in [1.82, 2.24) is 0 Å². The smallest absolute Gasteiger partial charge is 0.118 e. The fourth-order valence-electron chi connectivity index (χ4n) is 1.36. The van der Waals surface area contributed by atoms with Gasteiger partial charge in [-0.2, -0.15) is 0 Å². The first-order valence-corrected chi connectivity index (χ1v) is 5.55. The lowest BCUT2D eigenvalue weighted by atomic mass is 10.1. The van der Waals surface area contributed by atoms with Crippen LogP contribution in [-0.4, -0.2) is 18.3 Å². The Bertz CT molecular complexity index is 319. The minimum absolute atomic E-state index is 0.384. The molecule has 1 unspecified atom stereocenters. The van der Waals surface area contributed by atoms with E-state index in [0.717, 1.165) is 15.8 Å². The van der Waals surface area contributed by atoms with Crippen LogP contribution in [0.4, 0.5) is 0 Å². The zero-order valence-corrected chi connectivity index (χ0v) is 10.3. The van der Waals surface area contributed by atoms with Crippen molar-refractivity contribution in [2.24, 2.45) is 0 Å². The van der Waals surface area contributed by atoms with Crippen molar-refractivity contribution >= 4 is 15.9 Å². The van der Waals surface area contributed by atoms with Crippen LogP contribution in [0.2, 0.25) is 0 Å². The Balaban J connectivity index is 2.53. The van der Waals surface area contributed by atoms with E-state index in [0.29, 0.717) is 12.8 Å². The van der Waals surface area contributed by atoms with Gasteiger partial charge in [0.05, 0.1) is 13.2 Å². The highest BCUT2D eigenvalue weighted by atomic mass is 79.9. The van der Waals surface area contributed by atoms with Gasteiger partial charge in [-0.25, -0.2) is 0 Å². The molecular formula is C12H15BrO2. The molecule has 1 rings (SSSR count). The van der Waals surface area contributed by atoms with E-state index in [1.54, 1.807) is 7.11 Å². The maximum Gasteiger partial charge on any atom is 0.118 e. The molecule has 0 aliphatic rings. The van der Waals surface area contributed by atoms with E-state index < -0.39 is 0 Å². The van der Waals surface area contributed by atoms with Crippen molar-refractivity contribution in [3.63, 3.8) is 0 Å². The van der Waals surface area contributed by atoms with Crippen LogP contribution >= 0.6 is 15.9 Å². The van der Waals surface area contributed by atoms with Crippen molar-refractivity contribution in [3.8, 4) is 5.75 Å². The fourth-order valence-corrected chi connectivity index (χ4v) is 1.74. The maximum atomic E-state index is 9.68. The molecule has 0 amide bonds. The Morgan fingerprint density at radius 2 is 2.07 bits per heavy atom. The van der Waals surface area contributed by atoms with Crippen LogP contribution in [0.15, 0.2) is 35.3 Å². The molecule has 0 saturated heterocycles. The molecule has 1 atom stereocenters. The van der Waals surface area contributed by atoms with Gasteiger partial charge in [-0.1, -0.05) is 34.6 Å². The van der Waals surface area contributed by atoms with E-state index in [2.05, 4.69) is 22.5 Å². The molecule has 1 N–H and O–H groups in total. The molecule has 1 aromatic carbocycles. The topological polar surface area (TPSA) is 29.5 Å². The number of ether oxygens (including phenoxy) is 1. The molecule has 0 heterocycles.